The van der Waals surface area contributed by atoms with Gasteiger partial charge in [0.25, 0.3) is 11.7 Å². The van der Waals surface area contributed by atoms with E-state index < -0.39 is 110 Å². The third kappa shape index (κ3) is 16.5. The Morgan fingerprint density at radius 2 is 1.60 bits per heavy atom. The van der Waals surface area contributed by atoms with Crippen molar-refractivity contribution < 1.29 is 57.9 Å². The van der Waals surface area contributed by atoms with E-state index in [-0.39, 0.29) is 37.0 Å². The number of hydrogen-bond acceptors (Lipinski definition) is 14. The number of piperidine rings is 1. The number of rotatable bonds is 11. The average Bonchev–Trinajstić information content (AvgIpc) is 3.38. The van der Waals surface area contributed by atoms with Crippen LogP contribution in [0.4, 0.5) is 0 Å². The van der Waals surface area contributed by atoms with Crippen LogP contribution in [0.1, 0.15) is 139 Å². The predicted molar refractivity (Wildman–Crippen MR) is 283 cm³/mol. The molecule has 0 aromatic heterocycles. The molecule has 73 heavy (non-hydrogen) atoms. The molecule has 1 aliphatic carbocycles. The number of carbonyl (C=O) groups excluding carboxylic acids is 4. The number of carbonyl (C=O) groups is 4. The molecule has 3 fully saturated rings. The summed E-state index contributed by atoms with van der Waals surface area (Å²) in [5.74, 6) is -7.57. The van der Waals surface area contributed by atoms with E-state index in [0.717, 1.165) is 23.7 Å². The second kappa shape index (κ2) is 29.1. The number of aliphatic hydroxyl groups excluding tert-OH is 2. The number of methoxy groups -OCH3 is 2. The second-order valence-corrected chi connectivity index (χ2v) is 26.5. The molecular formula is C55H91N5O12Si. The zero-order chi connectivity index (χ0) is 54.2. The van der Waals surface area contributed by atoms with Gasteiger partial charge in [0, 0.05) is 56.0 Å². The number of ketones is 2. The summed E-state index contributed by atoms with van der Waals surface area (Å²) in [5.41, 5.74) is 18.6. The van der Waals surface area contributed by atoms with Crippen LogP contribution in [0, 0.1) is 29.6 Å². The number of nitrogens with two attached hydrogens (primary N) is 1. The minimum absolute atomic E-state index is 0.00372. The van der Waals surface area contributed by atoms with E-state index >= 15 is 0 Å². The molecule has 0 spiro atoms. The molecule has 1 amide bonds. The first-order valence-corrected chi connectivity index (χ1v) is 29.7. The molecule has 4 rings (SSSR count). The Kier molecular flexibility index (Phi) is 24.7. The Morgan fingerprint density at radius 1 is 0.904 bits per heavy atom. The summed E-state index contributed by atoms with van der Waals surface area (Å²) >= 11 is 0. The van der Waals surface area contributed by atoms with Crippen LogP contribution in [-0.4, -0.2) is 139 Å². The number of ether oxygens (including phenoxy) is 4. The van der Waals surface area contributed by atoms with Crippen molar-refractivity contribution in [2.75, 3.05) is 20.8 Å². The van der Waals surface area contributed by atoms with Gasteiger partial charge in [-0.25, -0.2) is 4.79 Å². The van der Waals surface area contributed by atoms with Crippen molar-refractivity contribution in [1.82, 2.24) is 4.90 Å². The number of nitrogens with zero attached hydrogens (tertiary/aromatic N) is 4. The average molecular weight is 1040 g/mol. The fourth-order valence-electron chi connectivity index (χ4n) is 11.4. The van der Waals surface area contributed by atoms with Gasteiger partial charge in [-0.05, 0) is 137 Å². The number of hydrogen-bond donors (Lipinski definition) is 4. The molecule has 3 heterocycles. The molecule has 1 saturated carbocycles. The quantitative estimate of drug-likeness (QED) is 0.0289. The first-order valence-electron chi connectivity index (χ1n) is 27.2. The lowest BCUT2D eigenvalue weighted by Crippen LogP contribution is -2.61. The Balaban J connectivity index is 1.82. The van der Waals surface area contributed by atoms with Crippen LogP contribution in [0.2, 0.25) is 18.1 Å². The molecule has 2 unspecified atom stereocenters. The van der Waals surface area contributed by atoms with Crippen molar-refractivity contribution >= 4 is 31.8 Å². The lowest BCUT2D eigenvalue weighted by molar-refractivity contribution is -0.265. The Bertz CT molecular complexity index is 2000. The van der Waals surface area contributed by atoms with E-state index in [2.05, 4.69) is 30.8 Å². The van der Waals surface area contributed by atoms with E-state index in [0.29, 0.717) is 69.8 Å². The van der Waals surface area contributed by atoms with Gasteiger partial charge >= 0.3 is 5.97 Å². The maximum absolute atomic E-state index is 14.7. The maximum Gasteiger partial charge on any atom is 0.329 e. The van der Waals surface area contributed by atoms with E-state index in [1.165, 1.54) is 4.90 Å². The van der Waals surface area contributed by atoms with Crippen molar-refractivity contribution in [2.24, 2.45) is 40.4 Å². The molecule has 4 aliphatic rings. The van der Waals surface area contributed by atoms with Crippen LogP contribution in [0.15, 0.2) is 52.7 Å². The number of aliphatic hydroxyl groups is 3. The monoisotopic (exact) mass is 1040 g/mol. The summed E-state index contributed by atoms with van der Waals surface area (Å²) in [5, 5.41) is 38.9. The number of allylic oxidation sites excluding steroid dienone is 5. The van der Waals surface area contributed by atoms with Crippen molar-refractivity contribution in [1.29, 1.82) is 0 Å². The molecule has 0 aromatic rings. The van der Waals surface area contributed by atoms with Gasteiger partial charge in [-0.3, -0.25) is 14.4 Å². The Hall–Kier alpha value is -3.55. The first kappa shape index (κ1) is 62.0. The molecule has 3 aliphatic heterocycles. The summed E-state index contributed by atoms with van der Waals surface area (Å²) < 4.78 is 31.0. The van der Waals surface area contributed by atoms with Crippen molar-refractivity contribution in [3.05, 3.63) is 58.0 Å². The summed E-state index contributed by atoms with van der Waals surface area (Å²) in [6, 6.07) is -0.519. The lowest BCUT2D eigenvalue weighted by Gasteiger charge is -2.42. The molecule has 2 saturated heterocycles. The minimum atomic E-state index is -2.46. The molecule has 16 atom stereocenters. The number of azide groups is 1. The summed E-state index contributed by atoms with van der Waals surface area (Å²) in [6.07, 6.45) is 10.8. The van der Waals surface area contributed by atoms with Crippen LogP contribution in [0.5, 0.6) is 0 Å². The number of Topliss-reactive ketones (excluding diaryl/α,β-unsaturated/α-hetero) is 2. The standard InChI is InChI=1S/C55H91N5O12Si/c1-12-73(13-2,14-3)72-51-38(8)29-36(6)43(58-59-57)33-47(42(56)30-40-24-26-45(61)48(31-40)69-11)70-54(66)44-22-18-19-27-60(44)53(65)52(64)55(67)39(9)23-25-41(71-55)32-46(68-10)35(5)21-17-15-16-20-34(4)28-37(7)49(62)50(51)63/h15-17,20-21,29,34,36-37,39-48,50-51,61,63,67H,12-14,18-19,22-28,30-33,56H2,1-11H3/b17-15+,20-16+,35-21+,38-29+/t34-,36-,37-,39-,40+,41+,42-,43?,44+,45-,46+,47+,48-,50+,51?,55-/m1/s1. The number of cyclic esters (lactones) is 1. The summed E-state index contributed by atoms with van der Waals surface area (Å²) in [4.78, 5) is 62.1. The smallest absolute Gasteiger partial charge is 0.329 e. The van der Waals surface area contributed by atoms with Gasteiger partial charge in [0.2, 0.25) is 5.79 Å². The molecule has 5 N–H and O–H groups in total. The Morgan fingerprint density at radius 3 is 2.25 bits per heavy atom. The number of amides is 1. The zero-order valence-electron chi connectivity index (χ0n) is 45.8. The third-order valence-electron chi connectivity index (χ3n) is 16.7. The van der Waals surface area contributed by atoms with Crippen molar-refractivity contribution in [3.8, 4) is 0 Å². The van der Waals surface area contributed by atoms with Crippen molar-refractivity contribution in [2.45, 2.75) is 224 Å². The van der Waals surface area contributed by atoms with Crippen LogP contribution in [0.3, 0.4) is 0 Å². The number of esters is 1. The highest BCUT2D eigenvalue weighted by Crippen LogP contribution is 2.38. The summed E-state index contributed by atoms with van der Waals surface area (Å²) in [7, 11) is 0.692. The molecule has 17 nitrogen and oxygen atoms in total. The Labute approximate surface area is 436 Å². The largest absolute Gasteiger partial charge is 0.459 e. The molecule has 0 radical (unpaired) electrons. The van der Waals surface area contributed by atoms with E-state index in [9.17, 15) is 40.0 Å². The van der Waals surface area contributed by atoms with E-state index in [1.807, 2.05) is 71.1 Å². The van der Waals surface area contributed by atoms with Gasteiger partial charge in [0.1, 0.15) is 18.2 Å². The van der Waals surface area contributed by atoms with Gasteiger partial charge in [-0.1, -0.05) is 90.0 Å². The lowest BCUT2D eigenvalue weighted by atomic mass is 9.80. The number of fused-ring (bicyclic) bond motifs is 3. The second-order valence-electron chi connectivity index (χ2n) is 21.8. The third-order valence-corrected chi connectivity index (χ3v) is 21.3. The molecular weight excluding hydrogens is 951 g/mol. The van der Waals surface area contributed by atoms with Crippen LogP contribution in [-0.2, 0) is 42.6 Å². The van der Waals surface area contributed by atoms with Gasteiger partial charge < -0.3 is 49.3 Å². The molecule has 2 bridgehead atoms. The highest BCUT2D eigenvalue weighted by atomic mass is 28.4. The summed E-state index contributed by atoms with van der Waals surface area (Å²) in [6.45, 7) is 17.4. The van der Waals surface area contributed by atoms with Gasteiger partial charge in [0.15, 0.2) is 14.1 Å². The van der Waals surface area contributed by atoms with Gasteiger partial charge in [0.05, 0.1) is 30.5 Å². The van der Waals surface area contributed by atoms with Crippen LogP contribution < -0.4 is 5.73 Å². The SMILES string of the molecule is CC[Si](CC)(CC)OC1/C(C)=C/[C@@H](C)C(N=[N+]=[N-])C[C@@H]([C@H](N)C[C@@H]2CC[C@@H](O)[C@H](OC)C2)OC(=O)[C@@H]2CCCCN2C(=O)C(=O)[C@]2(O)O[C@@H](CC[C@H]2C)C[C@H](OC)/C(C)=C/C=C/C=C/[C@@H](C)C[C@@H](C)C(=O)[C@@H]1O. The molecule has 412 valence electrons. The zero-order valence-corrected chi connectivity index (χ0v) is 46.8. The highest BCUT2D eigenvalue weighted by Gasteiger charge is 2.53. The van der Waals surface area contributed by atoms with Gasteiger partial charge in [-0.2, -0.15) is 0 Å². The maximum atomic E-state index is 14.7. The normalized spacial score (nSPS) is 38.4. The van der Waals surface area contributed by atoms with Gasteiger partial charge in [-0.15, -0.1) is 0 Å². The minimum Gasteiger partial charge on any atom is -0.459 e. The molecule has 0 aromatic carbocycles. The van der Waals surface area contributed by atoms with E-state index in [4.69, 9.17) is 29.1 Å². The fraction of sp³-hybridized carbons (Fsp3) is 0.782. The van der Waals surface area contributed by atoms with Crippen LogP contribution in [0.25, 0.3) is 10.4 Å². The fourth-order valence-corrected chi connectivity index (χ4v) is 14.3. The predicted octanol–water partition coefficient (Wildman–Crippen LogP) is 8.36. The molecule has 18 heteroatoms. The van der Waals surface area contributed by atoms with Crippen molar-refractivity contribution in [3.63, 3.8) is 0 Å². The topological polar surface area (TPSA) is 253 Å². The van der Waals surface area contributed by atoms with E-state index in [1.54, 1.807) is 21.1 Å². The highest BCUT2D eigenvalue weighted by molar-refractivity contribution is 6.73. The first-order chi connectivity index (χ1) is 34.6. The van der Waals surface area contributed by atoms with Crippen LogP contribution >= 0.6 is 0 Å².